The molecule has 0 aliphatic heterocycles. The molecule has 112 valence electrons. The molecule has 3 heteroatoms. The Morgan fingerprint density at radius 3 is 2.33 bits per heavy atom. The van der Waals surface area contributed by atoms with Crippen LogP contribution >= 0.6 is 0 Å². The lowest BCUT2D eigenvalue weighted by Gasteiger charge is -2.16. The van der Waals surface area contributed by atoms with Crippen molar-refractivity contribution in [1.29, 1.82) is 0 Å². The number of hydrogen-bond acceptors (Lipinski definition) is 3. The number of rotatable bonds is 7. The third kappa shape index (κ3) is 4.23. The van der Waals surface area contributed by atoms with Crippen molar-refractivity contribution in [2.24, 2.45) is 0 Å². The fourth-order valence-electron chi connectivity index (χ4n) is 2.32. The van der Waals surface area contributed by atoms with Gasteiger partial charge in [-0.15, -0.1) is 0 Å². The molecule has 0 aliphatic rings. The van der Waals surface area contributed by atoms with Crippen LogP contribution in [0.4, 0.5) is 0 Å². The minimum absolute atomic E-state index is 0.272. The second-order valence-electron chi connectivity index (χ2n) is 5.03. The van der Waals surface area contributed by atoms with E-state index in [0.29, 0.717) is 0 Å². The minimum Gasteiger partial charge on any atom is -0.493 e. The van der Waals surface area contributed by atoms with Gasteiger partial charge >= 0.3 is 0 Å². The van der Waals surface area contributed by atoms with E-state index >= 15 is 0 Å². The maximum Gasteiger partial charge on any atom is 0.161 e. The molecule has 0 radical (unpaired) electrons. The number of ether oxygens (including phenoxy) is 2. The summed E-state index contributed by atoms with van der Waals surface area (Å²) < 4.78 is 10.6. The Bertz CT molecular complexity index is 554. The molecular formula is C18H23NO2. The van der Waals surface area contributed by atoms with Gasteiger partial charge in [0.2, 0.25) is 0 Å². The Morgan fingerprint density at radius 2 is 1.67 bits per heavy atom. The molecule has 1 atom stereocenters. The summed E-state index contributed by atoms with van der Waals surface area (Å²) in [6.45, 7) is 3.10. The molecule has 2 aromatic rings. The van der Waals surface area contributed by atoms with Crippen LogP contribution in [0.5, 0.6) is 11.5 Å². The Balaban J connectivity index is 1.92. The molecule has 0 saturated heterocycles. The van der Waals surface area contributed by atoms with Crippen molar-refractivity contribution >= 4 is 0 Å². The van der Waals surface area contributed by atoms with Crippen LogP contribution in [0.3, 0.4) is 0 Å². The van der Waals surface area contributed by atoms with Crippen molar-refractivity contribution in [2.45, 2.75) is 19.4 Å². The Morgan fingerprint density at radius 1 is 0.952 bits per heavy atom. The number of hydrogen-bond donors (Lipinski definition) is 1. The van der Waals surface area contributed by atoms with Gasteiger partial charge in [-0.2, -0.15) is 0 Å². The van der Waals surface area contributed by atoms with Crippen LogP contribution in [0.25, 0.3) is 0 Å². The van der Waals surface area contributed by atoms with Gasteiger partial charge in [-0.3, -0.25) is 0 Å². The fourth-order valence-corrected chi connectivity index (χ4v) is 2.32. The molecule has 1 N–H and O–H groups in total. The first-order chi connectivity index (χ1) is 10.2. The summed E-state index contributed by atoms with van der Waals surface area (Å²) in [5, 5.41) is 3.54. The molecule has 2 rings (SSSR count). The van der Waals surface area contributed by atoms with E-state index in [9.17, 15) is 0 Å². The van der Waals surface area contributed by atoms with E-state index in [1.54, 1.807) is 14.2 Å². The van der Waals surface area contributed by atoms with Crippen LogP contribution in [0.15, 0.2) is 48.5 Å². The molecule has 21 heavy (non-hydrogen) atoms. The van der Waals surface area contributed by atoms with Crippen molar-refractivity contribution < 1.29 is 9.47 Å². The van der Waals surface area contributed by atoms with Crippen molar-refractivity contribution in [3.8, 4) is 11.5 Å². The van der Waals surface area contributed by atoms with Crippen molar-refractivity contribution in [3.05, 3.63) is 59.7 Å². The normalized spacial score (nSPS) is 12.0. The third-order valence-corrected chi connectivity index (χ3v) is 3.61. The second-order valence-corrected chi connectivity index (χ2v) is 5.03. The molecule has 0 amide bonds. The lowest BCUT2D eigenvalue weighted by Crippen LogP contribution is -2.21. The first-order valence-corrected chi connectivity index (χ1v) is 7.24. The predicted octanol–water partition coefficient (Wildman–Crippen LogP) is 3.60. The number of benzene rings is 2. The van der Waals surface area contributed by atoms with Crippen LogP contribution in [-0.4, -0.2) is 20.8 Å². The molecule has 0 heterocycles. The topological polar surface area (TPSA) is 30.5 Å². The average Bonchev–Trinajstić information content (AvgIpc) is 2.55. The molecule has 3 nitrogen and oxygen atoms in total. The highest BCUT2D eigenvalue weighted by atomic mass is 16.5. The van der Waals surface area contributed by atoms with E-state index in [4.69, 9.17) is 9.47 Å². The largest absolute Gasteiger partial charge is 0.493 e. The zero-order valence-electron chi connectivity index (χ0n) is 12.9. The van der Waals surface area contributed by atoms with Crippen molar-refractivity contribution in [1.82, 2.24) is 5.32 Å². The minimum atomic E-state index is 0.272. The van der Waals surface area contributed by atoms with E-state index in [1.165, 1.54) is 11.1 Å². The quantitative estimate of drug-likeness (QED) is 0.843. The van der Waals surface area contributed by atoms with Crippen molar-refractivity contribution in [3.63, 3.8) is 0 Å². The highest BCUT2D eigenvalue weighted by Crippen LogP contribution is 2.29. The molecule has 0 bridgehead atoms. The summed E-state index contributed by atoms with van der Waals surface area (Å²) >= 11 is 0. The van der Waals surface area contributed by atoms with Gasteiger partial charge in [-0.25, -0.2) is 0 Å². The lowest BCUT2D eigenvalue weighted by atomic mass is 10.1. The zero-order chi connectivity index (χ0) is 15.1. The lowest BCUT2D eigenvalue weighted by molar-refractivity contribution is 0.354. The van der Waals surface area contributed by atoms with E-state index < -0.39 is 0 Å². The maximum atomic E-state index is 5.35. The molecule has 0 saturated carbocycles. The summed E-state index contributed by atoms with van der Waals surface area (Å²) in [6, 6.07) is 16.8. The van der Waals surface area contributed by atoms with Gasteiger partial charge in [0, 0.05) is 6.04 Å². The summed E-state index contributed by atoms with van der Waals surface area (Å²) in [5.41, 5.74) is 2.55. The second kappa shape index (κ2) is 7.70. The first-order valence-electron chi connectivity index (χ1n) is 7.24. The molecule has 0 aromatic heterocycles. The molecule has 0 spiro atoms. The van der Waals surface area contributed by atoms with Gasteiger partial charge in [-0.1, -0.05) is 36.4 Å². The molecule has 1 unspecified atom stereocenters. The smallest absolute Gasteiger partial charge is 0.161 e. The van der Waals surface area contributed by atoms with E-state index in [-0.39, 0.29) is 6.04 Å². The monoisotopic (exact) mass is 285 g/mol. The van der Waals surface area contributed by atoms with Gasteiger partial charge in [-0.05, 0) is 43.1 Å². The number of nitrogens with one attached hydrogen (secondary N) is 1. The Kier molecular flexibility index (Phi) is 5.64. The number of methoxy groups -OCH3 is 2. The Hall–Kier alpha value is -2.00. The molecule has 2 aromatic carbocycles. The van der Waals surface area contributed by atoms with Crippen LogP contribution in [-0.2, 0) is 6.42 Å². The predicted molar refractivity (Wildman–Crippen MR) is 86.1 cm³/mol. The Labute approximate surface area is 126 Å². The summed E-state index contributed by atoms with van der Waals surface area (Å²) in [4.78, 5) is 0. The van der Waals surface area contributed by atoms with Crippen LogP contribution in [0.2, 0.25) is 0 Å². The third-order valence-electron chi connectivity index (χ3n) is 3.61. The highest BCUT2D eigenvalue weighted by molar-refractivity contribution is 5.43. The first kappa shape index (κ1) is 15.4. The molecule has 0 aliphatic carbocycles. The van der Waals surface area contributed by atoms with E-state index in [1.807, 2.05) is 18.2 Å². The summed E-state index contributed by atoms with van der Waals surface area (Å²) in [6.07, 6.45) is 1.03. The fraction of sp³-hybridized carbons (Fsp3) is 0.333. The van der Waals surface area contributed by atoms with Crippen molar-refractivity contribution in [2.75, 3.05) is 20.8 Å². The van der Waals surface area contributed by atoms with Crippen LogP contribution in [0.1, 0.15) is 24.1 Å². The van der Waals surface area contributed by atoms with Gasteiger partial charge in [0.05, 0.1) is 14.2 Å². The summed E-state index contributed by atoms with van der Waals surface area (Å²) in [7, 11) is 3.31. The van der Waals surface area contributed by atoms with Crippen LogP contribution in [0, 0.1) is 0 Å². The standard InChI is InChI=1S/C18H23NO2/c1-14(19-12-11-15-7-5-4-6-8-15)16-9-10-17(20-2)18(13-16)21-3/h4-10,13-14,19H,11-12H2,1-3H3. The highest BCUT2D eigenvalue weighted by Gasteiger charge is 2.09. The van der Waals surface area contributed by atoms with E-state index in [0.717, 1.165) is 24.5 Å². The van der Waals surface area contributed by atoms with Gasteiger partial charge in [0.15, 0.2) is 11.5 Å². The molecule has 0 fully saturated rings. The van der Waals surface area contributed by atoms with Gasteiger partial charge in [0.25, 0.3) is 0 Å². The van der Waals surface area contributed by atoms with Gasteiger partial charge in [0.1, 0.15) is 0 Å². The summed E-state index contributed by atoms with van der Waals surface area (Å²) in [5.74, 6) is 1.53. The molecular weight excluding hydrogens is 262 g/mol. The maximum absolute atomic E-state index is 5.35. The average molecular weight is 285 g/mol. The van der Waals surface area contributed by atoms with E-state index in [2.05, 4.69) is 42.6 Å². The zero-order valence-corrected chi connectivity index (χ0v) is 12.9. The SMILES string of the molecule is COc1ccc(C(C)NCCc2ccccc2)cc1OC. The van der Waals surface area contributed by atoms with Crippen LogP contribution < -0.4 is 14.8 Å². The van der Waals surface area contributed by atoms with Gasteiger partial charge < -0.3 is 14.8 Å².